The van der Waals surface area contributed by atoms with Crippen LogP contribution in [0.4, 0.5) is 0 Å². The van der Waals surface area contributed by atoms with Crippen molar-refractivity contribution in [1.29, 1.82) is 0 Å². The maximum absolute atomic E-state index is 11.7. The number of amides is 1. The van der Waals surface area contributed by atoms with Gasteiger partial charge in [0.1, 0.15) is 9.84 Å². The first-order valence-electron chi connectivity index (χ1n) is 6.83. The number of carbonyl (C=O) groups excluding carboxylic acids is 1. The summed E-state index contributed by atoms with van der Waals surface area (Å²) in [6.45, 7) is 4.05. The van der Waals surface area contributed by atoms with Crippen molar-refractivity contribution < 1.29 is 13.2 Å². The fourth-order valence-corrected chi connectivity index (χ4v) is 2.44. The number of hydrogen-bond donors (Lipinski definition) is 1. The van der Waals surface area contributed by atoms with Crippen molar-refractivity contribution in [3.63, 3.8) is 0 Å². The summed E-state index contributed by atoms with van der Waals surface area (Å²) in [6.07, 6.45) is 2.76. The third-order valence-electron chi connectivity index (χ3n) is 3.16. The highest BCUT2D eigenvalue weighted by molar-refractivity contribution is 7.90. The molecule has 0 bridgehead atoms. The van der Waals surface area contributed by atoms with Gasteiger partial charge in [0.25, 0.3) is 0 Å². The van der Waals surface area contributed by atoms with Crippen molar-refractivity contribution in [1.82, 2.24) is 5.32 Å². The standard InChI is InChI=1S/C15H23NO3S/c1-4-14(11-13-7-5-12(2)6-8-13)16-15(17)9-10-20(3,18)19/h5-8,14H,4,9-11H2,1-3H3,(H,16,17). The predicted molar refractivity (Wildman–Crippen MR) is 81.4 cm³/mol. The topological polar surface area (TPSA) is 63.2 Å². The zero-order chi connectivity index (χ0) is 15.2. The first-order chi connectivity index (χ1) is 9.30. The summed E-state index contributed by atoms with van der Waals surface area (Å²) >= 11 is 0. The van der Waals surface area contributed by atoms with E-state index in [9.17, 15) is 13.2 Å². The molecule has 0 heterocycles. The highest BCUT2D eigenvalue weighted by atomic mass is 32.2. The van der Waals surface area contributed by atoms with E-state index < -0.39 is 9.84 Å². The molecular formula is C15H23NO3S. The molecule has 5 heteroatoms. The Morgan fingerprint density at radius 1 is 1.25 bits per heavy atom. The van der Waals surface area contributed by atoms with Crippen LogP contribution >= 0.6 is 0 Å². The minimum absolute atomic E-state index is 0.0310. The van der Waals surface area contributed by atoms with E-state index in [1.54, 1.807) is 0 Å². The molecule has 0 fully saturated rings. The lowest BCUT2D eigenvalue weighted by molar-refractivity contribution is -0.121. The first-order valence-corrected chi connectivity index (χ1v) is 8.89. The Labute approximate surface area is 121 Å². The monoisotopic (exact) mass is 297 g/mol. The van der Waals surface area contributed by atoms with Crippen LogP contribution in [0.3, 0.4) is 0 Å². The molecule has 0 aliphatic carbocycles. The van der Waals surface area contributed by atoms with Crippen molar-refractivity contribution >= 4 is 15.7 Å². The quantitative estimate of drug-likeness (QED) is 0.835. The van der Waals surface area contributed by atoms with Gasteiger partial charge >= 0.3 is 0 Å². The summed E-state index contributed by atoms with van der Waals surface area (Å²) in [5.74, 6) is -0.297. The van der Waals surface area contributed by atoms with Crippen molar-refractivity contribution in [3.8, 4) is 0 Å². The zero-order valence-electron chi connectivity index (χ0n) is 12.3. The summed E-state index contributed by atoms with van der Waals surface area (Å²) < 4.78 is 22.1. The van der Waals surface area contributed by atoms with E-state index in [1.807, 2.05) is 26.0 Å². The second kappa shape index (κ2) is 7.43. The van der Waals surface area contributed by atoms with Gasteiger partial charge in [0.2, 0.25) is 5.91 Å². The summed E-state index contributed by atoms with van der Waals surface area (Å²) in [5.41, 5.74) is 2.38. The van der Waals surface area contributed by atoms with Crippen molar-refractivity contribution in [3.05, 3.63) is 35.4 Å². The van der Waals surface area contributed by atoms with E-state index >= 15 is 0 Å². The number of rotatable bonds is 7. The van der Waals surface area contributed by atoms with Crippen LogP contribution in [0.15, 0.2) is 24.3 Å². The molecule has 1 N–H and O–H groups in total. The largest absolute Gasteiger partial charge is 0.353 e. The highest BCUT2D eigenvalue weighted by Crippen LogP contribution is 2.08. The van der Waals surface area contributed by atoms with Gasteiger partial charge in [-0.25, -0.2) is 8.42 Å². The van der Waals surface area contributed by atoms with Crippen LogP contribution < -0.4 is 5.32 Å². The van der Waals surface area contributed by atoms with Gasteiger partial charge < -0.3 is 5.32 Å². The number of carbonyl (C=O) groups is 1. The lowest BCUT2D eigenvalue weighted by atomic mass is 10.0. The molecule has 1 amide bonds. The van der Waals surface area contributed by atoms with E-state index in [0.717, 1.165) is 19.1 Å². The van der Waals surface area contributed by atoms with Crippen molar-refractivity contribution in [2.45, 2.75) is 39.2 Å². The van der Waals surface area contributed by atoms with E-state index in [-0.39, 0.29) is 24.1 Å². The Morgan fingerprint density at radius 3 is 2.35 bits per heavy atom. The van der Waals surface area contributed by atoms with Crippen molar-refractivity contribution in [2.24, 2.45) is 0 Å². The Hall–Kier alpha value is -1.36. The van der Waals surface area contributed by atoms with Gasteiger partial charge in [0.05, 0.1) is 5.75 Å². The SMILES string of the molecule is CCC(Cc1ccc(C)cc1)NC(=O)CCS(C)(=O)=O. The molecule has 0 aliphatic heterocycles. The zero-order valence-corrected chi connectivity index (χ0v) is 13.2. The number of benzene rings is 1. The number of hydrogen-bond acceptors (Lipinski definition) is 3. The molecular weight excluding hydrogens is 274 g/mol. The molecule has 0 saturated heterocycles. The molecule has 112 valence electrons. The highest BCUT2D eigenvalue weighted by Gasteiger charge is 2.13. The van der Waals surface area contributed by atoms with Crippen LogP contribution in [0.2, 0.25) is 0 Å². The summed E-state index contributed by atoms with van der Waals surface area (Å²) in [6, 6.07) is 8.26. The third kappa shape index (κ3) is 6.70. The summed E-state index contributed by atoms with van der Waals surface area (Å²) in [7, 11) is -3.09. The van der Waals surface area contributed by atoms with Crippen LogP contribution in [0, 0.1) is 6.92 Å². The first kappa shape index (κ1) is 16.7. The number of sulfone groups is 1. The van der Waals surface area contributed by atoms with Gasteiger partial charge in [-0.3, -0.25) is 4.79 Å². The Bertz CT molecular complexity index is 535. The van der Waals surface area contributed by atoms with Crippen molar-refractivity contribution in [2.75, 3.05) is 12.0 Å². The second-order valence-electron chi connectivity index (χ2n) is 5.24. The van der Waals surface area contributed by atoms with Crippen LogP contribution in [-0.2, 0) is 21.1 Å². The van der Waals surface area contributed by atoms with Crippen LogP contribution in [0.5, 0.6) is 0 Å². The fraction of sp³-hybridized carbons (Fsp3) is 0.533. The Morgan fingerprint density at radius 2 is 1.85 bits per heavy atom. The minimum Gasteiger partial charge on any atom is -0.353 e. The van der Waals surface area contributed by atoms with Gasteiger partial charge in [-0.1, -0.05) is 36.8 Å². The third-order valence-corrected chi connectivity index (χ3v) is 4.11. The molecule has 0 saturated carbocycles. The normalized spacial score (nSPS) is 12.9. The van der Waals surface area contributed by atoms with E-state index in [0.29, 0.717) is 0 Å². The predicted octanol–water partition coefficient (Wildman–Crippen LogP) is 1.87. The molecule has 0 spiro atoms. The van der Waals surface area contributed by atoms with Crippen LogP contribution in [0.1, 0.15) is 30.9 Å². The van der Waals surface area contributed by atoms with Crippen LogP contribution in [-0.4, -0.2) is 32.4 Å². The Balaban J connectivity index is 2.50. The fourth-order valence-electron chi connectivity index (χ4n) is 1.88. The minimum atomic E-state index is -3.09. The van der Waals surface area contributed by atoms with Gasteiger partial charge in [-0.2, -0.15) is 0 Å². The molecule has 20 heavy (non-hydrogen) atoms. The average Bonchev–Trinajstić information content (AvgIpc) is 2.37. The second-order valence-corrected chi connectivity index (χ2v) is 7.50. The lowest BCUT2D eigenvalue weighted by Crippen LogP contribution is -2.36. The Kier molecular flexibility index (Phi) is 6.20. The van der Waals surface area contributed by atoms with Gasteiger partial charge in [-0.05, 0) is 25.3 Å². The molecule has 1 aromatic rings. The molecule has 0 radical (unpaired) electrons. The molecule has 4 nitrogen and oxygen atoms in total. The van der Waals surface area contributed by atoms with Gasteiger partial charge in [0.15, 0.2) is 0 Å². The molecule has 1 aromatic carbocycles. The molecule has 0 aliphatic rings. The summed E-state index contributed by atoms with van der Waals surface area (Å²) in [5, 5.41) is 2.90. The van der Waals surface area contributed by atoms with Gasteiger partial charge in [0, 0.05) is 18.7 Å². The molecule has 1 atom stereocenters. The lowest BCUT2D eigenvalue weighted by Gasteiger charge is -2.17. The average molecular weight is 297 g/mol. The van der Waals surface area contributed by atoms with E-state index in [1.165, 1.54) is 11.1 Å². The maximum Gasteiger partial charge on any atom is 0.221 e. The number of aryl methyl sites for hydroxylation is 1. The van der Waals surface area contributed by atoms with E-state index in [4.69, 9.17) is 0 Å². The summed E-state index contributed by atoms with van der Waals surface area (Å²) in [4.78, 5) is 11.7. The molecule has 1 rings (SSSR count). The van der Waals surface area contributed by atoms with Gasteiger partial charge in [-0.15, -0.1) is 0 Å². The van der Waals surface area contributed by atoms with Crippen LogP contribution in [0.25, 0.3) is 0 Å². The van der Waals surface area contributed by atoms with E-state index in [2.05, 4.69) is 17.4 Å². The number of nitrogens with one attached hydrogen (secondary N) is 1. The molecule has 1 unspecified atom stereocenters. The molecule has 0 aromatic heterocycles. The maximum atomic E-state index is 11.7. The smallest absolute Gasteiger partial charge is 0.221 e.